The van der Waals surface area contributed by atoms with Gasteiger partial charge in [-0.3, -0.25) is 0 Å². The van der Waals surface area contributed by atoms with Crippen LogP contribution in [0.4, 0.5) is 0 Å². The Labute approximate surface area is 125 Å². The van der Waals surface area contributed by atoms with Crippen LogP contribution in [0.25, 0.3) is 0 Å². The summed E-state index contributed by atoms with van der Waals surface area (Å²) in [6, 6.07) is 1.10. The summed E-state index contributed by atoms with van der Waals surface area (Å²) in [5.74, 6) is 0. The van der Waals surface area contributed by atoms with Crippen LogP contribution in [0, 0.1) is 6.92 Å². The average molecular weight is 371 g/mol. The number of aryl methyl sites for hydroxylation is 1. The van der Waals surface area contributed by atoms with E-state index in [0.717, 1.165) is 15.1 Å². The topological polar surface area (TPSA) is 72.2 Å². The second-order valence-corrected chi connectivity index (χ2v) is 8.63. The van der Waals surface area contributed by atoms with Gasteiger partial charge in [-0.25, -0.2) is 13.1 Å². The largest absolute Gasteiger partial charge is 0.392 e. The summed E-state index contributed by atoms with van der Waals surface area (Å²) in [5.41, 5.74) is 5.55. The first kappa shape index (κ1) is 16.0. The Morgan fingerprint density at radius 3 is 2.67 bits per heavy atom. The molecule has 0 aliphatic heterocycles. The molecule has 102 valence electrons. The zero-order valence-electron chi connectivity index (χ0n) is 10.1. The van der Waals surface area contributed by atoms with Crippen molar-refractivity contribution < 1.29 is 8.42 Å². The predicted octanol–water partition coefficient (Wildman–Crippen LogP) is 2.55. The minimum absolute atomic E-state index is 0.173. The van der Waals surface area contributed by atoms with Crippen molar-refractivity contribution in [2.24, 2.45) is 5.73 Å². The van der Waals surface area contributed by atoms with Crippen molar-refractivity contribution in [1.29, 1.82) is 0 Å². The lowest BCUT2D eigenvalue weighted by Crippen LogP contribution is -2.43. The maximum absolute atomic E-state index is 12.2. The van der Waals surface area contributed by atoms with Gasteiger partial charge in [0.2, 0.25) is 10.0 Å². The molecule has 0 amide bonds. The van der Waals surface area contributed by atoms with Crippen LogP contribution < -0.4 is 10.5 Å². The summed E-state index contributed by atoms with van der Waals surface area (Å²) in [7, 11) is -3.57. The lowest BCUT2D eigenvalue weighted by molar-refractivity contribution is 0.567. The van der Waals surface area contributed by atoms with E-state index in [1.165, 1.54) is 11.3 Å². The summed E-state index contributed by atoms with van der Waals surface area (Å²) < 4.78 is 27.8. The Hall–Kier alpha value is -0.0200. The van der Waals surface area contributed by atoms with Gasteiger partial charge in [0.15, 0.2) is 0 Å². The summed E-state index contributed by atoms with van der Waals surface area (Å²) in [5, 5.41) is 0. The molecule has 0 spiro atoms. The Bertz CT molecular complexity index is 539. The maximum Gasteiger partial charge on any atom is 0.242 e. The van der Waals surface area contributed by atoms with Crippen molar-refractivity contribution in [2.45, 2.75) is 37.6 Å². The first-order valence-corrected chi connectivity index (χ1v) is 8.85. The molecule has 0 aliphatic rings. The number of thiocarbonyl (C=S) groups is 1. The Morgan fingerprint density at radius 2 is 2.28 bits per heavy atom. The SMILES string of the molecule is CCCC(NS(=O)(=O)c1cc(Br)sc1C)C(N)=S. The van der Waals surface area contributed by atoms with Crippen molar-refractivity contribution >= 4 is 54.5 Å². The van der Waals surface area contributed by atoms with Crippen LogP contribution in [-0.2, 0) is 10.0 Å². The van der Waals surface area contributed by atoms with Crippen molar-refractivity contribution in [2.75, 3.05) is 0 Å². The van der Waals surface area contributed by atoms with E-state index in [0.29, 0.717) is 6.42 Å². The van der Waals surface area contributed by atoms with Crippen LogP contribution in [0.1, 0.15) is 24.6 Å². The quantitative estimate of drug-likeness (QED) is 0.754. The highest BCUT2D eigenvalue weighted by Gasteiger charge is 2.24. The van der Waals surface area contributed by atoms with E-state index in [1.54, 1.807) is 13.0 Å². The molecule has 8 heteroatoms. The Balaban J connectivity index is 3.00. The monoisotopic (exact) mass is 370 g/mol. The molecular weight excluding hydrogens is 356 g/mol. The fourth-order valence-electron chi connectivity index (χ4n) is 1.50. The molecule has 1 aromatic heterocycles. The third kappa shape index (κ3) is 3.99. The third-order valence-corrected chi connectivity index (χ3v) is 5.91. The number of halogens is 1. The zero-order valence-corrected chi connectivity index (χ0v) is 14.1. The van der Waals surface area contributed by atoms with Crippen LogP contribution in [0.15, 0.2) is 14.7 Å². The second-order valence-electron chi connectivity index (χ2n) is 3.84. The first-order chi connectivity index (χ1) is 8.27. The number of nitrogens with one attached hydrogen (secondary N) is 1. The molecule has 0 aliphatic carbocycles. The lowest BCUT2D eigenvalue weighted by atomic mass is 10.2. The van der Waals surface area contributed by atoms with Crippen molar-refractivity contribution in [3.8, 4) is 0 Å². The standard InChI is InChI=1S/C10H15BrN2O2S3/c1-3-4-7(10(12)16)13-18(14,15)8-5-9(11)17-6(8)2/h5,7,13H,3-4H2,1-2H3,(H2,12,16). The number of nitrogens with two attached hydrogens (primary N) is 1. The van der Waals surface area contributed by atoms with E-state index in [2.05, 4.69) is 20.7 Å². The van der Waals surface area contributed by atoms with Crippen LogP contribution >= 0.6 is 39.5 Å². The Morgan fingerprint density at radius 1 is 1.67 bits per heavy atom. The van der Waals surface area contributed by atoms with Crippen molar-refractivity contribution in [3.63, 3.8) is 0 Å². The van der Waals surface area contributed by atoms with Gasteiger partial charge in [0.25, 0.3) is 0 Å². The molecule has 18 heavy (non-hydrogen) atoms. The van der Waals surface area contributed by atoms with Gasteiger partial charge in [-0.15, -0.1) is 11.3 Å². The molecule has 1 unspecified atom stereocenters. The van der Waals surface area contributed by atoms with Gasteiger partial charge in [-0.1, -0.05) is 25.6 Å². The van der Waals surface area contributed by atoms with Gasteiger partial charge in [0.1, 0.15) is 0 Å². The van der Waals surface area contributed by atoms with E-state index in [1.807, 2.05) is 6.92 Å². The molecule has 1 rings (SSSR count). The highest BCUT2D eigenvalue weighted by molar-refractivity contribution is 9.11. The lowest BCUT2D eigenvalue weighted by Gasteiger charge is -2.16. The maximum atomic E-state index is 12.2. The predicted molar refractivity (Wildman–Crippen MR) is 82.6 cm³/mol. The molecule has 0 aromatic carbocycles. The highest BCUT2D eigenvalue weighted by Crippen LogP contribution is 2.29. The van der Waals surface area contributed by atoms with Crippen molar-refractivity contribution in [1.82, 2.24) is 4.72 Å². The summed E-state index contributed by atoms with van der Waals surface area (Å²) in [6.07, 6.45) is 1.40. The fourth-order valence-corrected chi connectivity index (χ4v) is 5.41. The van der Waals surface area contributed by atoms with Crippen LogP contribution in [-0.4, -0.2) is 19.4 Å². The number of hydrogen-bond acceptors (Lipinski definition) is 4. The summed E-state index contributed by atoms with van der Waals surface area (Å²) >= 11 is 9.54. The van der Waals surface area contributed by atoms with E-state index in [-0.39, 0.29) is 9.88 Å². The van der Waals surface area contributed by atoms with Gasteiger partial charge >= 0.3 is 0 Å². The number of thiophene rings is 1. The molecule has 1 atom stereocenters. The molecule has 4 nitrogen and oxygen atoms in total. The molecule has 0 saturated heterocycles. The van der Waals surface area contributed by atoms with Gasteiger partial charge in [0, 0.05) is 4.88 Å². The van der Waals surface area contributed by atoms with E-state index < -0.39 is 16.1 Å². The van der Waals surface area contributed by atoms with Crippen LogP contribution in [0.2, 0.25) is 0 Å². The number of rotatable bonds is 6. The van der Waals surface area contributed by atoms with Crippen LogP contribution in [0.3, 0.4) is 0 Å². The van der Waals surface area contributed by atoms with Gasteiger partial charge in [0.05, 0.1) is 19.7 Å². The Kier molecular flexibility index (Phi) is 5.72. The second kappa shape index (κ2) is 6.42. The van der Waals surface area contributed by atoms with E-state index in [9.17, 15) is 8.42 Å². The van der Waals surface area contributed by atoms with Gasteiger partial charge in [-0.2, -0.15) is 0 Å². The van der Waals surface area contributed by atoms with Gasteiger partial charge in [-0.05, 0) is 35.3 Å². The summed E-state index contributed by atoms with van der Waals surface area (Å²) in [6.45, 7) is 3.71. The molecule has 0 bridgehead atoms. The normalized spacial score (nSPS) is 13.5. The molecule has 0 radical (unpaired) electrons. The zero-order chi connectivity index (χ0) is 13.9. The highest BCUT2D eigenvalue weighted by atomic mass is 79.9. The minimum atomic E-state index is -3.57. The number of hydrogen-bond donors (Lipinski definition) is 2. The summed E-state index contributed by atoms with van der Waals surface area (Å²) in [4.78, 5) is 1.18. The molecular formula is C10H15BrN2O2S3. The van der Waals surface area contributed by atoms with Gasteiger partial charge < -0.3 is 5.73 Å². The molecule has 0 fully saturated rings. The van der Waals surface area contributed by atoms with Crippen molar-refractivity contribution in [3.05, 3.63) is 14.7 Å². The molecule has 1 aromatic rings. The third-order valence-electron chi connectivity index (χ3n) is 2.35. The van der Waals surface area contributed by atoms with E-state index >= 15 is 0 Å². The van der Waals surface area contributed by atoms with E-state index in [4.69, 9.17) is 18.0 Å². The smallest absolute Gasteiger partial charge is 0.242 e. The average Bonchev–Trinajstić information content (AvgIpc) is 2.57. The number of sulfonamides is 1. The molecule has 0 saturated carbocycles. The minimum Gasteiger partial charge on any atom is -0.392 e. The van der Waals surface area contributed by atoms with Crippen LogP contribution in [0.5, 0.6) is 0 Å². The first-order valence-electron chi connectivity index (χ1n) is 5.35. The fraction of sp³-hybridized carbons (Fsp3) is 0.500. The molecule has 3 N–H and O–H groups in total. The molecule has 1 heterocycles.